The molecule has 2 N–H and O–H groups in total. The quantitative estimate of drug-likeness (QED) is 0.333. The molecular formula is C27H33N4O6S-. The molecule has 2 heterocycles. The Kier molecular flexibility index (Phi) is 8.61. The smallest absolute Gasteiger partial charge is 0.304 e. The van der Waals surface area contributed by atoms with Crippen molar-refractivity contribution < 1.29 is 27.9 Å². The summed E-state index contributed by atoms with van der Waals surface area (Å²) in [5, 5.41) is 12.5. The van der Waals surface area contributed by atoms with Gasteiger partial charge in [-0.1, -0.05) is 29.8 Å². The Morgan fingerprint density at radius 2 is 1.95 bits per heavy atom. The molecule has 11 heteroatoms. The molecule has 2 unspecified atom stereocenters. The number of carboxylic acids is 1. The second-order valence-electron chi connectivity index (χ2n) is 9.99. The standard InChI is InChI=1S/C27H34N4O6S/c1-16-5-7-18(8-6-16)25-24(26(34)28-2)21-14-20(17-9-10-17)22(29-27(21)37-25)15-31(38(35)36)12-11-19(30(3)4)13-23(32)33/h5-8,14,17,19H,9-13,15H2,1-4H3,(H,28,34)(H,32,33)(H,35,36)/p-1. The van der Waals surface area contributed by atoms with Crippen LogP contribution in [0.1, 0.15) is 58.8 Å². The predicted molar refractivity (Wildman–Crippen MR) is 143 cm³/mol. The van der Waals surface area contributed by atoms with Gasteiger partial charge in [0.05, 0.1) is 29.6 Å². The summed E-state index contributed by atoms with van der Waals surface area (Å²) in [4.78, 5) is 30.7. The molecule has 0 spiro atoms. The Bertz CT molecular complexity index is 1350. The normalized spacial score (nSPS) is 15.2. The highest BCUT2D eigenvalue weighted by molar-refractivity contribution is 7.76. The number of aromatic nitrogens is 1. The first-order valence-electron chi connectivity index (χ1n) is 12.6. The molecule has 1 saturated carbocycles. The van der Waals surface area contributed by atoms with E-state index >= 15 is 0 Å². The number of hydrogen-bond acceptors (Lipinski definition) is 7. The Hall–Kier alpha value is -3.12. The van der Waals surface area contributed by atoms with Crippen molar-refractivity contribution in [1.29, 1.82) is 0 Å². The lowest BCUT2D eigenvalue weighted by molar-refractivity contribution is -0.138. The average molecular weight is 542 g/mol. The van der Waals surface area contributed by atoms with E-state index in [4.69, 9.17) is 9.40 Å². The Morgan fingerprint density at radius 1 is 1.26 bits per heavy atom. The lowest BCUT2D eigenvalue weighted by Crippen LogP contribution is -2.36. The molecule has 38 heavy (non-hydrogen) atoms. The van der Waals surface area contributed by atoms with Crippen LogP contribution in [0.25, 0.3) is 22.4 Å². The van der Waals surface area contributed by atoms with Crippen LogP contribution in [0, 0.1) is 6.92 Å². The van der Waals surface area contributed by atoms with E-state index < -0.39 is 17.2 Å². The molecule has 204 valence electrons. The zero-order valence-electron chi connectivity index (χ0n) is 22.0. The van der Waals surface area contributed by atoms with E-state index in [-0.39, 0.29) is 43.1 Å². The Labute approximate surface area is 224 Å². The monoisotopic (exact) mass is 541 g/mol. The highest BCUT2D eigenvalue weighted by Gasteiger charge is 2.31. The lowest BCUT2D eigenvalue weighted by atomic mass is 10.0. The SMILES string of the molecule is CNC(=O)c1c(-c2ccc(C)cc2)oc2nc(CN(CCC(CC(=O)O)N(C)C)S(=O)[O-])c(C3CC3)cc12. The van der Waals surface area contributed by atoms with Crippen molar-refractivity contribution in [3.63, 3.8) is 0 Å². The van der Waals surface area contributed by atoms with Crippen LogP contribution in [-0.4, -0.2) is 73.7 Å². The molecule has 0 radical (unpaired) electrons. The summed E-state index contributed by atoms with van der Waals surface area (Å²) in [6.45, 7) is 2.15. The average Bonchev–Trinajstić information content (AvgIpc) is 3.65. The first-order chi connectivity index (χ1) is 18.1. The van der Waals surface area contributed by atoms with E-state index in [1.165, 1.54) is 4.31 Å². The molecule has 1 aliphatic rings. The fourth-order valence-electron chi connectivity index (χ4n) is 4.62. The minimum atomic E-state index is -2.54. The van der Waals surface area contributed by atoms with E-state index in [1.54, 1.807) is 26.0 Å². The minimum absolute atomic E-state index is 0.0287. The highest BCUT2D eigenvalue weighted by atomic mass is 32.2. The number of furan rings is 1. The van der Waals surface area contributed by atoms with Crippen molar-refractivity contribution in [2.45, 2.75) is 51.1 Å². The van der Waals surface area contributed by atoms with Gasteiger partial charge in [0.2, 0.25) is 5.71 Å². The van der Waals surface area contributed by atoms with Crippen molar-refractivity contribution in [2.75, 3.05) is 27.7 Å². The third-order valence-electron chi connectivity index (χ3n) is 6.97. The largest absolute Gasteiger partial charge is 0.760 e. The maximum atomic E-state index is 12.9. The number of hydrogen-bond donors (Lipinski definition) is 2. The summed E-state index contributed by atoms with van der Waals surface area (Å²) in [6.07, 6.45) is 2.19. The van der Waals surface area contributed by atoms with Crippen LogP contribution in [0.4, 0.5) is 0 Å². The van der Waals surface area contributed by atoms with Crippen LogP contribution in [0.3, 0.4) is 0 Å². The minimum Gasteiger partial charge on any atom is -0.760 e. The molecule has 0 bridgehead atoms. The summed E-state index contributed by atoms with van der Waals surface area (Å²) in [6, 6.07) is 9.27. The number of benzene rings is 1. The van der Waals surface area contributed by atoms with Crippen molar-refractivity contribution in [3.8, 4) is 11.3 Å². The number of fused-ring (bicyclic) bond motifs is 1. The second-order valence-corrected chi connectivity index (χ2v) is 10.9. The van der Waals surface area contributed by atoms with Gasteiger partial charge in [0.15, 0.2) is 0 Å². The van der Waals surface area contributed by atoms with Gasteiger partial charge in [-0.25, -0.2) is 9.29 Å². The van der Waals surface area contributed by atoms with Gasteiger partial charge in [0, 0.05) is 36.5 Å². The molecule has 3 aromatic rings. The Balaban J connectivity index is 1.72. The number of aryl methyl sites for hydroxylation is 1. The van der Waals surface area contributed by atoms with E-state index in [9.17, 15) is 23.5 Å². The van der Waals surface area contributed by atoms with Gasteiger partial charge in [0.1, 0.15) is 5.76 Å². The summed E-state index contributed by atoms with van der Waals surface area (Å²) < 4.78 is 31.7. The highest BCUT2D eigenvalue weighted by Crippen LogP contribution is 2.44. The zero-order chi connectivity index (χ0) is 27.6. The number of carbonyl (C=O) groups is 2. The predicted octanol–water partition coefficient (Wildman–Crippen LogP) is 3.43. The number of amides is 1. The number of nitrogens with one attached hydrogen (secondary N) is 1. The summed E-state index contributed by atoms with van der Waals surface area (Å²) in [5.74, 6) is -0.569. The number of carbonyl (C=O) groups excluding carboxylic acids is 1. The maximum absolute atomic E-state index is 12.9. The summed E-state index contributed by atoms with van der Waals surface area (Å²) in [5.41, 5.74) is 3.98. The molecule has 10 nitrogen and oxygen atoms in total. The van der Waals surface area contributed by atoms with Crippen LogP contribution in [0.15, 0.2) is 34.7 Å². The third kappa shape index (κ3) is 6.29. The van der Waals surface area contributed by atoms with Crippen molar-refractivity contribution in [1.82, 2.24) is 19.5 Å². The van der Waals surface area contributed by atoms with Gasteiger partial charge in [-0.15, -0.1) is 0 Å². The van der Waals surface area contributed by atoms with E-state index in [1.807, 2.05) is 37.3 Å². The van der Waals surface area contributed by atoms with Crippen LogP contribution >= 0.6 is 0 Å². The van der Waals surface area contributed by atoms with Gasteiger partial charge < -0.3 is 24.3 Å². The van der Waals surface area contributed by atoms with Crippen LogP contribution in [-0.2, 0) is 22.6 Å². The summed E-state index contributed by atoms with van der Waals surface area (Å²) in [7, 11) is 5.12. The van der Waals surface area contributed by atoms with Crippen molar-refractivity contribution in [3.05, 3.63) is 52.7 Å². The first kappa shape index (κ1) is 27.9. The summed E-state index contributed by atoms with van der Waals surface area (Å²) >= 11 is -2.54. The van der Waals surface area contributed by atoms with Gasteiger partial charge in [-0.05, 0) is 57.8 Å². The second kappa shape index (κ2) is 11.7. The third-order valence-corrected chi connectivity index (χ3v) is 7.70. The molecular weight excluding hydrogens is 508 g/mol. The van der Waals surface area contributed by atoms with Gasteiger partial charge >= 0.3 is 5.97 Å². The van der Waals surface area contributed by atoms with E-state index in [0.29, 0.717) is 28.8 Å². The van der Waals surface area contributed by atoms with Crippen LogP contribution in [0.2, 0.25) is 0 Å². The fourth-order valence-corrected chi connectivity index (χ4v) is 5.10. The number of aliphatic carboxylic acids is 1. The number of rotatable bonds is 12. The molecule has 1 aliphatic carbocycles. The van der Waals surface area contributed by atoms with Gasteiger partial charge in [-0.3, -0.25) is 13.8 Å². The molecule has 4 rings (SSSR count). The molecule has 2 atom stereocenters. The van der Waals surface area contributed by atoms with E-state index in [2.05, 4.69) is 5.32 Å². The lowest BCUT2D eigenvalue weighted by Gasteiger charge is -2.29. The first-order valence-corrected chi connectivity index (χ1v) is 13.6. The molecule has 0 aliphatic heterocycles. The molecule has 0 saturated heterocycles. The molecule has 2 aromatic heterocycles. The van der Waals surface area contributed by atoms with E-state index in [0.717, 1.165) is 29.5 Å². The number of carboxylic acid groups (broad SMARTS) is 1. The maximum Gasteiger partial charge on any atom is 0.304 e. The molecule has 1 aromatic carbocycles. The van der Waals surface area contributed by atoms with Gasteiger partial charge in [0.25, 0.3) is 5.91 Å². The topological polar surface area (TPSA) is 139 Å². The fraction of sp³-hybridized carbons (Fsp3) is 0.444. The molecule has 1 amide bonds. The number of nitrogens with zero attached hydrogens (tertiary/aromatic N) is 3. The van der Waals surface area contributed by atoms with Crippen LogP contribution in [0.5, 0.6) is 0 Å². The number of pyridine rings is 1. The zero-order valence-corrected chi connectivity index (χ0v) is 22.8. The van der Waals surface area contributed by atoms with Gasteiger partial charge in [-0.2, -0.15) is 0 Å². The Morgan fingerprint density at radius 3 is 2.50 bits per heavy atom. The van der Waals surface area contributed by atoms with Crippen molar-refractivity contribution in [2.24, 2.45) is 0 Å². The molecule has 1 fully saturated rings. The van der Waals surface area contributed by atoms with Crippen LogP contribution < -0.4 is 5.32 Å². The van der Waals surface area contributed by atoms with Crippen molar-refractivity contribution >= 4 is 34.2 Å².